The summed E-state index contributed by atoms with van der Waals surface area (Å²) in [5.74, 6) is 1.03. The summed E-state index contributed by atoms with van der Waals surface area (Å²) in [5.41, 5.74) is 0.501. The molecule has 2 aromatic rings. The van der Waals surface area contributed by atoms with Crippen molar-refractivity contribution in [3.05, 3.63) is 43.5 Å². The molecule has 0 spiro atoms. The van der Waals surface area contributed by atoms with Crippen LogP contribution in [0, 0.1) is 0 Å². The molecule has 0 radical (unpaired) electrons. The maximum Gasteiger partial charge on any atom is 0.203 e. The smallest absolute Gasteiger partial charge is 0.203 e. The summed E-state index contributed by atoms with van der Waals surface area (Å²) >= 11 is 10.5. The number of carbonyl (C=O) groups excluding carboxylic acids is 1. The van der Waals surface area contributed by atoms with Crippen LogP contribution in [0.2, 0.25) is 4.34 Å². The van der Waals surface area contributed by atoms with E-state index in [1.54, 1.807) is 38.5 Å². The Labute approximate surface area is 128 Å². The average molecular weight is 362 g/mol. The predicted octanol–water partition coefficient (Wildman–Crippen LogP) is 4.41. The van der Waals surface area contributed by atoms with Gasteiger partial charge in [0, 0.05) is 16.1 Å². The summed E-state index contributed by atoms with van der Waals surface area (Å²) < 4.78 is 11.6. The lowest BCUT2D eigenvalue weighted by atomic mass is 10.1. The molecule has 2 rings (SSSR count). The number of hydrogen-bond acceptors (Lipinski definition) is 4. The lowest BCUT2D eigenvalue weighted by molar-refractivity contribution is 0.104. The molecule has 1 heterocycles. The van der Waals surface area contributed by atoms with Gasteiger partial charge < -0.3 is 9.47 Å². The van der Waals surface area contributed by atoms with E-state index >= 15 is 0 Å². The second-order valence-corrected chi connectivity index (χ2v) is 6.17. The zero-order valence-corrected chi connectivity index (χ0v) is 13.4. The van der Waals surface area contributed by atoms with Crippen molar-refractivity contribution in [2.24, 2.45) is 0 Å². The first-order valence-corrected chi connectivity index (χ1v) is 7.26. The maximum atomic E-state index is 12.4. The summed E-state index contributed by atoms with van der Waals surface area (Å²) in [4.78, 5) is 12.9. The van der Waals surface area contributed by atoms with Crippen LogP contribution in [0.5, 0.6) is 11.5 Å². The van der Waals surface area contributed by atoms with Crippen LogP contribution in [0.15, 0.2) is 28.7 Å². The number of benzene rings is 1. The van der Waals surface area contributed by atoms with Gasteiger partial charge in [0.25, 0.3) is 0 Å². The second-order valence-electron chi connectivity index (χ2n) is 3.66. The van der Waals surface area contributed by atoms with Gasteiger partial charge in [-0.25, -0.2) is 0 Å². The number of thiophene rings is 1. The van der Waals surface area contributed by atoms with E-state index < -0.39 is 0 Å². The normalized spacial score (nSPS) is 10.3. The van der Waals surface area contributed by atoms with Gasteiger partial charge in [-0.2, -0.15) is 0 Å². The van der Waals surface area contributed by atoms with Gasteiger partial charge in [0.15, 0.2) is 0 Å². The second kappa shape index (κ2) is 5.94. The Bertz CT molecular complexity index is 583. The van der Waals surface area contributed by atoms with E-state index in [0.29, 0.717) is 26.3 Å². The Hall–Kier alpha value is -1.04. The van der Waals surface area contributed by atoms with Crippen LogP contribution in [0.4, 0.5) is 0 Å². The standard InChI is InChI=1S/C13H10BrClO3S/c1-17-8-3-7(4-9(5-8)18-2)12(16)11-6-10(14)13(15)19-11/h3-6H,1-2H3. The minimum atomic E-state index is -0.116. The lowest BCUT2D eigenvalue weighted by Gasteiger charge is -2.07. The van der Waals surface area contributed by atoms with Gasteiger partial charge in [-0.1, -0.05) is 11.6 Å². The SMILES string of the molecule is COc1cc(OC)cc(C(=O)c2cc(Br)c(Cl)s2)c1. The van der Waals surface area contributed by atoms with Crippen LogP contribution in [-0.4, -0.2) is 20.0 Å². The van der Waals surface area contributed by atoms with Crippen molar-refractivity contribution in [3.8, 4) is 11.5 Å². The molecule has 0 bridgehead atoms. The van der Waals surface area contributed by atoms with Crippen LogP contribution in [0.25, 0.3) is 0 Å². The van der Waals surface area contributed by atoms with Crippen molar-refractivity contribution in [3.63, 3.8) is 0 Å². The minimum Gasteiger partial charge on any atom is -0.497 e. The Balaban J connectivity index is 2.43. The fourth-order valence-electron chi connectivity index (χ4n) is 1.54. The highest BCUT2D eigenvalue weighted by Gasteiger charge is 2.16. The molecule has 0 saturated heterocycles. The topological polar surface area (TPSA) is 35.5 Å². The van der Waals surface area contributed by atoms with E-state index in [1.807, 2.05) is 0 Å². The van der Waals surface area contributed by atoms with Gasteiger partial charge in [-0.15, -0.1) is 11.3 Å². The molecule has 3 nitrogen and oxygen atoms in total. The number of halogens is 2. The highest BCUT2D eigenvalue weighted by atomic mass is 79.9. The van der Waals surface area contributed by atoms with Gasteiger partial charge >= 0.3 is 0 Å². The van der Waals surface area contributed by atoms with Gasteiger partial charge in [-0.3, -0.25) is 4.79 Å². The van der Waals surface area contributed by atoms with E-state index in [9.17, 15) is 4.79 Å². The number of hydrogen-bond donors (Lipinski definition) is 0. The molecule has 1 aromatic carbocycles. The summed E-state index contributed by atoms with van der Waals surface area (Å²) in [6.45, 7) is 0. The third-order valence-electron chi connectivity index (χ3n) is 2.48. The fraction of sp³-hybridized carbons (Fsp3) is 0.154. The molecular formula is C13H10BrClO3S. The minimum absolute atomic E-state index is 0.116. The van der Waals surface area contributed by atoms with E-state index in [2.05, 4.69) is 15.9 Å². The fourth-order valence-corrected chi connectivity index (χ4v) is 3.20. The first-order chi connectivity index (χ1) is 9.05. The molecular weight excluding hydrogens is 352 g/mol. The van der Waals surface area contributed by atoms with E-state index in [0.717, 1.165) is 4.47 Å². The Morgan fingerprint density at radius 1 is 1.16 bits per heavy atom. The van der Waals surface area contributed by atoms with Gasteiger partial charge in [0.1, 0.15) is 15.8 Å². The third kappa shape index (κ3) is 3.11. The summed E-state index contributed by atoms with van der Waals surface area (Å²) in [7, 11) is 3.09. The summed E-state index contributed by atoms with van der Waals surface area (Å²) in [6.07, 6.45) is 0. The Kier molecular flexibility index (Phi) is 4.50. The van der Waals surface area contributed by atoms with E-state index in [4.69, 9.17) is 21.1 Å². The number of rotatable bonds is 4. The Morgan fingerprint density at radius 2 is 1.74 bits per heavy atom. The molecule has 0 aliphatic heterocycles. The molecule has 0 aliphatic rings. The molecule has 0 fully saturated rings. The number of ether oxygens (including phenoxy) is 2. The molecule has 19 heavy (non-hydrogen) atoms. The highest BCUT2D eigenvalue weighted by Crippen LogP contribution is 2.34. The van der Waals surface area contributed by atoms with Crippen LogP contribution in [-0.2, 0) is 0 Å². The van der Waals surface area contributed by atoms with Crippen LogP contribution in [0.1, 0.15) is 15.2 Å². The van der Waals surface area contributed by atoms with Gasteiger partial charge in [0.2, 0.25) is 5.78 Å². The predicted molar refractivity (Wildman–Crippen MR) is 80.0 cm³/mol. The van der Waals surface area contributed by atoms with Gasteiger partial charge in [0.05, 0.1) is 19.1 Å². The molecule has 100 valence electrons. The first-order valence-electron chi connectivity index (χ1n) is 5.27. The molecule has 0 atom stereocenters. The van der Waals surface area contributed by atoms with Crippen molar-refractivity contribution in [2.75, 3.05) is 14.2 Å². The van der Waals surface area contributed by atoms with Crippen molar-refractivity contribution in [1.29, 1.82) is 0 Å². The largest absolute Gasteiger partial charge is 0.497 e. The Morgan fingerprint density at radius 3 is 2.16 bits per heavy atom. The molecule has 0 N–H and O–H groups in total. The zero-order chi connectivity index (χ0) is 14.0. The maximum absolute atomic E-state index is 12.4. The quantitative estimate of drug-likeness (QED) is 0.757. The van der Waals surface area contributed by atoms with Crippen LogP contribution in [0.3, 0.4) is 0 Å². The van der Waals surface area contributed by atoms with Crippen LogP contribution >= 0.6 is 38.9 Å². The van der Waals surface area contributed by atoms with Crippen molar-refractivity contribution in [1.82, 2.24) is 0 Å². The molecule has 1 aromatic heterocycles. The average Bonchev–Trinajstić information content (AvgIpc) is 2.77. The van der Waals surface area contributed by atoms with Gasteiger partial charge in [-0.05, 0) is 34.1 Å². The van der Waals surface area contributed by atoms with Crippen molar-refractivity contribution >= 4 is 44.7 Å². The molecule has 0 saturated carbocycles. The van der Waals surface area contributed by atoms with Crippen molar-refractivity contribution in [2.45, 2.75) is 0 Å². The highest BCUT2D eigenvalue weighted by molar-refractivity contribution is 9.10. The zero-order valence-electron chi connectivity index (χ0n) is 10.2. The lowest BCUT2D eigenvalue weighted by Crippen LogP contribution is -2.00. The van der Waals surface area contributed by atoms with E-state index in [-0.39, 0.29) is 5.78 Å². The molecule has 0 unspecified atom stereocenters. The van der Waals surface area contributed by atoms with Crippen LogP contribution < -0.4 is 9.47 Å². The summed E-state index contributed by atoms with van der Waals surface area (Å²) in [5, 5.41) is 0. The molecule has 0 amide bonds. The third-order valence-corrected chi connectivity index (χ3v) is 4.96. The number of methoxy groups -OCH3 is 2. The van der Waals surface area contributed by atoms with Crippen molar-refractivity contribution < 1.29 is 14.3 Å². The number of carbonyl (C=O) groups is 1. The monoisotopic (exact) mass is 360 g/mol. The molecule has 6 heteroatoms. The molecule has 0 aliphatic carbocycles. The van der Waals surface area contributed by atoms with E-state index in [1.165, 1.54) is 11.3 Å². The summed E-state index contributed by atoms with van der Waals surface area (Å²) in [6, 6.07) is 6.77. The number of ketones is 1. The first kappa shape index (κ1) is 14.4.